The van der Waals surface area contributed by atoms with Crippen LogP contribution in [0.2, 0.25) is 0 Å². The van der Waals surface area contributed by atoms with Crippen molar-refractivity contribution >= 4 is 11.9 Å². The smallest absolute Gasteiger partial charge is 0.225 e. The van der Waals surface area contributed by atoms with Gasteiger partial charge >= 0.3 is 0 Å². The van der Waals surface area contributed by atoms with Crippen LogP contribution in [0, 0.1) is 6.92 Å². The molecule has 4 rings (SSSR count). The van der Waals surface area contributed by atoms with Crippen molar-refractivity contribution in [3.63, 3.8) is 0 Å². The Morgan fingerprint density at radius 3 is 2.72 bits per heavy atom. The number of nitrogens with zero attached hydrogens (tertiary/aromatic N) is 4. The molecule has 0 spiro atoms. The second-order valence-corrected chi connectivity index (χ2v) is 8.31. The minimum absolute atomic E-state index is 0.0546. The van der Waals surface area contributed by atoms with Crippen LogP contribution in [-0.2, 0) is 16.1 Å². The molecule has 1 fully saturated rings. The molecule has 1 aliphatic rings. The van der Waals surface area contributed by atoms with Crippen LogP contribution in [0.5, 0.6) is 0 Å². The van der Waals surface area contributed by atoms with E-state index in [1.165, 1.54) is 0 Å². The number of nitrogens with one attached hydrogen (secondary N) is 1. The summed E-state index contributed by atoms with van der Waals surface area (Å²) in [7, 11) is 3.81. The summed E-state index contributed by atoms with van der Waals surface area (Å²) in [6, 6.07) is 9.88. The highest BCUT2D eigenvalue weighted by molar-refractivity contribution is 5.79. The average molecular weight is 436 g/mol. The largest absolute Gasteiger partial charge is 0.378 e. The van der Waals surface area contributed by atoms with Gasteiger partial charge in [0.15, 0.2) is 5.76 Å². The number of aromatic nitrogens is 3. The number of rotatable bonds is 8. The maximum Gasteiger partial charge on any atom is 0.225 e. The fraction of sp³-hybridized carbons (Fsp3) is 0.417. The molecule has 8 heteroatoms. The van der Waals surface area contributed by atoms with Gasteiger partial charge in [0.1, 0.15) is 0 Å². The van der Waals surface area contributed by atoms with E-state index in [1.807, 2.05) is 56.3 Å². The highest BCUT2D eigenvalue weighted by Crippen LogP contribution is 2.31. The van der Waals surface area contributed by atoms with E-state index in [1.54, 1.807) is 6.20 Å². The molecule has 168 valence electrons. The summed E-state index contributed by atoms with van der Waals surface area (Å²) in [5.74, 6) is 1.30. The summed E-state index contributed by atoms with van der Waals surface area (Å²) < 4.78 is 11.0. The predicted octanol–water partition coefficient (Wildman–Crippen LogP) is 3.75. The van der Waals surface area contributed by atoms with Crippen LogP contribution < -0.4 is 10.2 Å². The van der Waals surface area contributed by atoms with Crippen LogP contribution >= 0.6 is 0 Å². The van der Waals surface area contributed by atoms with Crippen LogP contribution in [0.4, 0.5) is 5.95 Å². The quantitative estimate of drug-likeness (QED) is 0.576. The lowest BCUT2D eigenvalue weighted by molar-refractivity contribution is -0.121. The van der Waals surface area contributed by atoms with Crippen LogP contribution in [0.25, 0.3) is 22.6 Å². The molecule has 0 radical (unpaired) electrons. The molecule has 1 aliphatic heterocycles. The molecule has 0 aliphatic carbocycles. The summed E-state index contributed by atoms with van der Waals surface area (Å²) in [5.41, 5.74) is 4.32. The minimum Gasteiger partial charge on any atom is -0.378 e. The molecular weight excluding hydrogens is 406 g/mol. The fourth-order valence-corrected chi connectivity index (χ4v) is 3.71. The Hall–Kier alpha value is -3.26. The lowest BCUT2D eigenvalue weighted by atomic mass is 10.0. The third kappa shape index (κ3) is 5.31. The van der Waals surface area contributed by atoms with E-state index in [0.29, 0.717) is 24.7 Å². The normalized spacial score (nSPS) is 15.7. The number of ether oxygens (including phenoxy) is 1. The number of carbonyl (C=O) groups excluding carboxylic acids is 1. The van der Waals surface area contributed by atoms with E-state index in [-0.39, 0.29) is 12.0 Å². The zero-order valence-corrected chi connectivity index (χ0v) is 18.8. The maximum absolute atomic E-state index is 12.2. The van der Waals surface area contributed by atoms with E-state index in [0.717, 1.165) is 53.9 Å². The van der Waals surface area contributed by atoms with E-state index in [9.17, 15) is 4.79 Å². The molecule has 2 aromatic heterocycles. The van der Waals surface area contributed by atoms with Crippen molar-refractivity contribution in [3.8, 4) is 22.6 Å². The van der Waals surface area contributed by atoms with Crippen LogP contribution in [0.1, 0.15) is 36.9 Å². The van der Waals surface area contributed by atoms with E-state index in [2.05, 4.69) is 15.5 Å². The monoisotopic (exact) mass is 435 g/mol. The first-order valence-electron chi connectivity index (χ1n) is 11.0. The van der Waals surface area contributed by atoms with E-state index in [4.69, 9.17) is 14.2 Å². The van der Waals surface area contributed by atoms with E-state index < -0.39 is 0 Å². The molecule has 1 amide bonds. The molecule has 0 unspecified atom stereocenters. The zero-order valence-electron chi connectivity index (χ0n) is 18.8. The Labute approximate surface area is 188 Å². The molecule has 1 atom stereocenters. The molecule has 3 aromatic rings. The first kappa shape index (κ1) is 22.0. The Kier molecular flexibility index (Phi) is 6.80. The summed E-state index contributed by atoms with van der Waals surface area (Å²) >= 11 is 0. The Morgan fingerprint density at radius 1 is 1.25 bits per heavy atom. The zero-order chi connectivity index (χ0) is 22.5. The lowest BCUT2D eigenvalue weighted by Gasteiger charge is -2.14. The summed E-state index contributed by atoms with van der Waals surface area (Å²) in [5, 5.41) is 6.99. The molecule has 0 bridgehead atoms. The van der Waals surface area contributed by atoms with Crippen LogP contribution in [0.15, 0.2) is 41.1 Å². The fourth-order valence-electron chi connectivity index (χ4n) is 3.71. The van der Waals surface area contributed by atoms with Gasteiger partial charge in [0, 0.05) is 51.5 Å². The molecular formula is C24H29N5O3. The van der Waals surface area contributed by atoms with Crippen molar-refractivity contribution in [1.82, 2.24) is 20.4 Å². The number of carbonyl (C=O) groups is 1. The van der Waals surface area contributed by atoms with Crippen molar-refractivity contribution in [3.05, 3.63) is 47.8 Å². The number of anilines is 1. The summed E-state index contributed by atoms with van der Waals surface area (Å²) in [4.78, 5) is 23.2. The highest BCUT2D eigenvalue weighted by atomic mass is 16.5. The van der Waals surface area contributed by atoms with E-state index >= 15 is 0 Å². The molecule has 0 saturated carbocycles. The summed E-state index contributed by atoms with van der Waals surface area (Å²) in [6.07, 6.45) is 5.44. The predicted molar refractivity (Wildman–Crippen MR) is 122 cm³/mol. The first-order chi connectivity index (χ1) is 15.5. The van der Waals surface area contributed by atoms with Gasteiger partial charge in [-0.3, -0.25) is 4.79 Å². The second kappa shape index (κ2) is 9.91. The van der Waals surface area contributed by atoms with Gasteiger partial charge in [-0.25, -0.2) is 9.97 Å². The maximum atomic E-state index is 12.2. The molecule has 3 heterocycles. The Bertz CT molecular complexity index is 1060. The number of amides is 1. The van der Waals surface area contributed by atoms with Gasteiger partial charge in [0.2, 0.25) is 11.9 Å². The number of benzene rings is 1. The van der Waals surface area contributed by atoms with Gasteiger partial charge < -0.3 is 19.5 Å². The van der Waals surface area contributed by atoms with Gasteiger partial charge in [0.05, 0.1) is 23.1 Å². The molecule has 1 N–H and O–H groups in total. The lowest BCUT2D eigenvalue weighted by Crippen LogP contribution is -2.23. The van der Waals surface area contributed by atoms with Crippen LogP contribution in [0.3, 0.4) is 0 Å². The van der Waals surface area contributed by atoms with Crippen molar-refractivity contribution in [2.24, 2.45) is 0 Å². The molecule has 8 nitrogen and oxygen atoms in total. The highest BCUT2D eigenvalue weighted by Gasteiger charge is 2.17. The Morgan fingerprint density at radius 2 is 2.06 bits per heavy atom. The topological polar surface area (TPSA) is 93.4 Å². The third-order valence-electron chi connectivity index (χ3n) is 5.50. The minimum atomic E-state index is 0.0546. The SMILES string of the molecule is Cc1cc(-c2cnc(N(C)C)nc2-c2ccc(CNC(=O)CC[C@H]3CCCO3)cc2)on1. The molecule has 1 aromatic carbocycles. The van der Waals surface area contributed by atoms with Crippen molar-refractivity contribution in [1.29, 1.82) is 0 Å². The Balaban J connectivity index is 1.45. The molecule has 32 heavy (non-hydrogen) atoms. The van der Waals surface area contributed by atoms with Crippen molar-refractivity contribution in [2.45, 2.75) is 45.3 Å². The van der Waals surface area contributed by atoms with Gasteiger partial charge in [0.25, 0.3) is 0 Å². The number of aryl methyl sites for hydroxylation is 1. The first-order valence-corrected chi connectivity index (χ1v) is 11.0. The number of hydrogen-bond acceptors (Lipinski definition) is 7. The van der Waals surface area contributed by atoms with Gasteiger partial charge in [-0.05, 0) is 31.7 Å². The number of hydrogen-bond donors (Lipinski definition) is 1. The van der Waals surface area contributed by atoms with Gasteiger partial charge in [-0.15, -0.1) is 0 Å². The standard InChI is InChI=1S/C24H29N5O3/c1-16-13-21(32-28-16)20-15-26-24(29(2)3)27-23(20)18-8-6-17(7-9-18)14-25-22(30)11-10-19-5-4-12-31-19/h6-9,13,15,19H,4-5,10-12,14H2,1-3H3,(H,25,30)/t19-/m1/s1. The average Bonchev–Trinajstić information content (AvgIpc) is 3.48. The molecule has 1 saturated heterocycles. The van der Waals surface area contributed by atoms with Crippen LogP contribution in [-0.4, -0.2) is 47.8 Å². The second-order valence-electron chi connectivity index (χ2n) is 8.31. The van der Waals surface area contributed by atoms with Gasteiger partial charge in [-0.2, -0.15) is 0 Å². The van der Waals surface area contributed by atoms with Crippen molar-refractivity contribution < 1.29 is 14.1 Å². The third-order valence-corrected chi connectivity index (χ3v) is 5.50. The van der Waals surface area contributed by atoms with Gasteiger partial charge in [-0.1, -0.05) is 29.4 Å². The van der Waals surface area contributed by atoms with Crippen molar-refractivity contribution in [2.75, 3.05) is 25.6 Å². The summed E-state index contributed by atoms with van der Waals surface area (Å²) in [6.45, 7) is 3.19.